The lowest BCUT2D eigenvalue weighted by molar-refractivity contribution is -0.302. The normalized spacial score (nSPS) is 21.7. The van der Waals surface area contributed by atoms with Crippen molar-refractivity contribution in [1.82, 2.24) is 5.32 Å². The smallest absolute Gasteiger partial charge is 0.249 e. The van der Waals surface area contributed by atoms with Crippen LogP contribution < -0.4 is 5.32 Å². The van der Waals surface area contributed by atoms with Gasteiger partial charge in [0.05, 0.1) is 25.4 Å². The number of allylic oxidation sites excluding steroid dienone is 5. The first-order chi connectivity index (χ1) is 28.3. The van der Waals surface area contributed by atoms with Crippen molar-refractivity contribution < 1.29 is 44.9 Å². The molecule has 0 aromatic rings. The number of carbonyl (C=O) groups excluding carboxylic acids is 1. The van der Waals surface area contributed by atoms with Gasteiger partial charge in [0.1, 0.15) is 30.5 Å². The van der Waals surface area contributed by atoms with Gasteiger partial charge in [0.25, 0.3) is 0 Å². The van der Waals surface area contributed by atoms with Crippen molar-refractivity contribution in [1.29, 1.82) is 0 Å². The van der Waals surface area contributed by atoms with Crippen LogP contribution in [-0.2, 0) is 14.3 Å². The van der Waals surface area contributed by atoms with Crippen LogP contribution in [0.15, 0.2) is 36.5 Å². The molecule has 1 saturated heterocycles. The molecule has 0 aromatic carbocycles. The van der Waals surface area contributed by atoms with Crippen molar-refractivity contribution in [3.63, 3.8) is 0 Å². The Kier molecular flexibility index (Phi) is 35.9. The van der Waals surface area contributed by atoms with E-state index in [2.05, 4.69) is 43.5 Å². The highest BCUT2D eigenvalue weighted by atomic mass is 16.7. The second kappa shape index (κ2) is 38.3. The average Bonchev–Trinajstić information content (AvgIpc) is 3.22. The minimum absolute atomic E-state index is 0.304. The number of rotatable bonds is 39. The highest BCUT2D eigenvalue weighted by Gasteiger charge is 2.44. The fourth-order valence-electron chi connectivity index (χ4n) is 7.36. The van der Waals surface area contributed by atoms with Crippen molar-refractivity contribution >= 4 is 5.91 Å². The van der Waals surface area contributed by atoms with Gasteiger partial charge in [0.15, 0.2) is 6.29 Å². The summed E-state index contributed by atoms with van der Waals surface area (Å²) in [7, 11) is 0. The van der Waals surface area contributed by atoms with E-state index in [9.17, 15) is 35.4 Å². The van der Waals surface area contributed by atoms with Gasteiger partial charge in [-0.2, -0.15) is 0 Å². The molecule has 1 rings (SSSR count). The predicted molar refractivity (Wildman–Crippen MR) is 236 cm³/mol. The van der Waals surface area contributed by atoms with E-state index in [1.807, 2.05) is 6.08 Å². The van der Waals surface area contributed by atoms with E-state index in [1.54, 1.807) is 6.08 Å². The SMILES string of the molecule is CCCC/C=C/CC/C=C/CC/C=C/C(O)C(COC1OC(CO)C(O)C(O)C1O)NC(=O)C(O)CCCCCCCCCCCCCCCCCCCCCCC. The number of aliphatic hydroxyl groups is 6. The van der Waals surface area contributed by atoms with Gasteiger partial charge in [-0.15, -0.1) is 0 Å². The van der Waals surface area contributed by atoms with Gasteiger partial charge in [-0.05, 0) is 38.5 Å². The van der Waals surface area contributed by atoms with Crippen molar-refractivity contribution in [2.24, 2.45) is 0 Å². The Morgan fingerprint density at radius 3 is 1.48 bits per heavy atom. The van der Waals surface area contributed by atoms with Crippen molar-refractivity contribution in [3.05, 3.63) is 36.5 Å². The van der Waals surface area contributed by atoms with Gasteiger partial charge in [0, 0.05) is 0 Å². The Morgan fingerprint density at radius 2 is 1.02 bits per heavy atom. The Bertz CT molecular complexity index is 1020. The van der Waals surface area contributed by atoms with Gasteiger partial charge in [-0.3, -0.25) is 4.79 Å². The summed E-state index contributed by atoms with van der Waals surface area (Å²) in [5.74, 6) is -0.630. The first-order valence-corrected chi connectivity index (χ1v) is 23.8. The maximum Gasteiger partial charge on any atom is 0.249 e. The lowest BCUT2D eigenvalue weighted by Crippen LogP contribution is -2.60. The zero-order valence-corrected chi connectivity index (χ0v) is 36.9. The number of ether oxygens (including phenoxy) is 2. The van der Waals surface area contributed by atoms with E-state index in [4.69, 9.17) is 9.47 Å². The predicted octanol–water partition coefficient (Wildman–Crippen LogP) is 9.03. The molecular weight excluding hydrogens is 735 g/mol. The molecule has 1 fully saturated rings. The molecule has 58 heavy (non-hydrogen) atoms. The Labute approximate surface area is 354 Å². The number of aliphatic hydroxyl groups excluding tert-OH is 6. The van der Waals surface area contributed by atoms with Crippen LogP contribution in [0.3, 0.4) is 0 Å². The van der Waals surface area contributed by atoms with Crippen molar-refractivity contribution in [2.45, 2.75) is 249 Å². The fraction of sp³-hybridized carbons (Fsp3) is 0.854. The van der Waals surface area contributed by atoms with Crippen LogP contribution in [0.1, 0.15) is 200 Å². The Morgan fingerprint density at radius 1 is 0.586 bits per heavy atom. The molecule has 1 heterocycles. The molecule has 10 heteroatoms. The quantitative estimate of drug-likeness (QED) is 0.0236. The van der Waals surface area contributed by atoms with Crippen molar-refractivity contribution in [3.8, 4) is 0 Å². The van der Waals surface area contributed by atoms with Gasteiger partial charge >= 0.3 is 0 Å². The van der Waals surface area contributed by atoms with Gasteiger partial charge in [-0.1, -0.05) is 198 Å². The third-order valence-electron chi connectivity index (χ3n) is 11.3. The minimum atomic E-state index is -1.62. The van der Waals surface area contributed by atoms with Crippen LogP contribution in [0.5, 0.6) is 0 Å². The molecule has 0 spiro atoms. The zero-order valence-electron chi connectivity index (χ0n) is 36.9. The summed E-state index contributed by atoms with van der Waals surface area (Å²) >= 11 is 0. The summed E-state index contributed by atoms with van der Waals surface area (Å²) in [6.45, 7) is 3.54. The third kappa shape index (κ3) is 28.0. The van der Waals surface area contributed by atoms with Gasteiger partial charge < -0.3 is 45.4 Å². The lowest BCUT2D eigenvalue weighted by Gasteiger charge is -2.40. The highest BCUT2D eigenvalue weighted by molar-refractivity contribution is 5.80. The van der Waals surface area contributed by atoms with E-state index in [1.165, 1.54) is 122 Å². The Hall–Kier alpha value is -1.63. The molecule has 1 aliphatic heterocycles. The number of carbonyl (C=O) groups is 1. The van der Waals surface area contributed by atoms with Gasteiger partial charge in [-0.25, -0.2) is 0 Å². The van der Waals surface area contributed by atoms with Crippen LogP contribution in [0.2, 0.25) is 0 Å². The molecule has 0 aliphatic carbocycles. The van der Waals surface area contributed by atoms with Crippen LogP contribution in [-0.4, -0.2) is 98.7 Å². The van der Waals surface area contributed by atoms with Crippen LogP contribution in [0.25, 0.3) is 0 Å². The zero-order chi connectivity index (χ0) is 42.5. The van der Waals surface area contributed by atoms with E-state index in [0.29, 0.717) is 19.3 Å². The molecule has 7 N–H and O–H groups in total. The first kappa shape index (κ1) is 54.4. The summed E-state index contributed by atoms with van der Waals surface area (Å²) < 4.78 is 11.1. The highest BCUT2D eigenvalue weighted by Crippen LogP contribution is 2.23. The average molecular weight is 824 g/mol. The summed E-state index contributed by atoms with van der Waals surface area (Å²) in [6.07, 6.45) is 36.7. The minimum Gasteiger partial charge on any atom is -0.394 e. The molecule has 10 nitrogen and oxygen atoms in total. The largest absolute Gasteiger partial charge is 0.394 e. The maximum atomic E-state index is 13.0. The molecule has 0 saturated carbocycles. The number of nitrogens with one attached hydrogen (secondary N) is 1. The molecular formula is C48H89NO9. The summed E-state index contributed by atoms with van der Waals surface area (Å²) in [5.41, 5.74) is 0. The van der Waals surface area contributed by atoms with E-state index >= 15 is 0 Å². The fourth-order valence-corrected chi connectivity index (χ4v) is 7.36. The third-order valence-corrected chi connectivity index (χ3v) is 11.3. The Balaban J connectivity index is 2.35. The number of hydrogen-bond donors (Lipinski definition) is 7. The van der Waals surface area contributed by atoms with Crippen LogP contribution in [0.4, 0.5) is 0 Å². The number of amides is 1. The van der Waals surface area contributed by atoms with E-state index < -0.39 is 61.5 Å². The molecule has 0 bridgehead atoms. The summed E-state index contributed by atoms with van der Waals surface area (Å²) in [5, 5.41) is 64.6. The second-order valence-corrected chi connectivity index (χ2v) is 16.7. The number of hydrogen-bond acceptors (Lipinski definition) is 9. The number of unbranched alkanes of at least 4 members (excludes halogenated alkanes) is 24. The summed E-state index contributed by atoms with van der Waals surface area (Å²) in [4.78, 5) is 13.0. The van der Waals surface area contributed by atoms with E-state index in [-0.39, 0.29) is 6.61 Å². The monoisotopic (exact) mass is 824 g/mol. The molecule has 1 amide bonds. The first-order valence-electron chi connectivity index (χ1n) is 23.8. The summed E-state index contributed by atoms with van der Waals surface area (Å²) in [6, 6.07) is -1.000. The van der Waals surface area contributed by atoms with Gasteiger partial charge in [0.2, 0.25) is 5.91 Å². The lowest BCUT2D eigenvalue weighted by atomic mass is 9.99. The maximum absolute atomic E-state index is 13.0. The molecule has 1 aliphatic rings. The van der Waals surface area contributed by atoms with Crippen molar-refractivity contribution in [2.75, 3.05) is 13.2 Å². The van der Waals surface area contributed by atoms with Crippen LogP contribution >= 0.6 is 0 Å². The molecule has 340 valence electrons. The van der Waals surface area contributed by atoms with E-state index in [0.717, 1.165) is 44.9 Å². The second-order valence-electron chi connectivity index (χ2n) is 16.7. The topological polar surface area (TPSA) is 169 Å². The molecule has 8 atom stereocenters. The molecule has 8 unspecified atom stereocenters. The molecule has 0 aromatic heterocycles. The molecule has 0 radical (unpaired) electrons. The standard InChI is InChI=1S/C48H89NO9/c1-3-5-7-9-11-13-15-17-18-19-20-21-22-23-24-25-27-29-31-33-35-37-42(52)47(56)49-40(39-57-48-46(55)45(54)44(53)43(38-50)58-48)41(51)36-34-32-30-28-26-16-14-12-10-8-6-4-2/h10,12,26,28,34,36,40-46,48,50-55H,3-9,11,13-25,27,29-33,35,37-39H2,1-2H3,(H,49,56)/b12-10+,28-26+,36-34+. The van der Waals surface area contributed by atoms with Crippen LogP contribution in [0, 0.1) is 0 Å².